The highest BCUT2D eigenvalue weighted by Crippen LogP contribution is 2.37. The van der Waals surface area contributed by atoms with Crippen molar-refractivity contribution in [1.29, 1.82) is 0 Å². The highest BCUT2D eigenvalue weighted by atomic mass is 19.4. The average molecular weight is 489 g/mol. The van der Waals surface area contributed by atoms with E-state index < -0.39 is 23.9 Å². The maximum absolute atomic E-state index is 13.0. The zero-order valence-corrected chi connectivity index (χ0v) is 20.0. The minimum absolute atomic E-state index is 0.0650. The first-order valence-electron chi connectivity index (χ1n) is 11.9. The van der Waals surface area contributed by atoms with E-state index in [9.17, 15) is 22.8 Å². The lowest BCUT2D eigenvalue weighted by Gasteiger charge is -2.35. The normalized spacial score (nSPS) is 19.3. The smallest absolute Gasteiger partial charge is 0.371 e. The quantitative estimate of drug-likeness (QED) is 0.620. The van der Waals surface area contributed by atoms with E-state index in [1.807, 2.05) is 55.1 Å². The predicted octanol–water partition coefficient (Wildman–Crippen LogP) is 4.66. The topological polar surface area (TPSA) is 78.7 Å². The highest BCUT2D eigenvalue weighted by Gasteiger charge is 2.41. The lowest BCUT2D eigenvalue weighted by molar-refractivity contribution is -0.179. The van der Waals surface area contributed by atoms with E-state index in [2.05, 4.69) is 5.32 Å². The van der Waals surface area contributed by atoms with Crippen LogP contribution >= 0.6 is 0 Å². The van der Waals surface area contributed by atoms with Crippen LogP contribution in [0.2, 0.25) is 0 Å². The number of hydrogen-bond donors (Lipinski definition) is 2. The fourth-order valence-corrected chi connectivity index (χ4v) is 4.92. The number of alkyl halides is 3. The molecule has 0 spiro atoms. The number of benzene rings is 2. The fraction of sp³-hybridized carbons (Fsp3) is 0.462. The van der Waals surface area contributed by atoms with Crippen LogP contribution in [0.15, 0.2) is 36.4 Å². The summed E-state index contributed by atoms with van der Waals surface area (Å²) in [5.41, 5.74) is 11.2. The number of carbonyl (C=O) groups excluding carboxylic acids is 2. The van der Waals surface area contributed by atoms with E-state index >= 15 is 0 Å². The lowest BCUT2D eigenvalue weighted by atomic mass is 9.95. The Bertz CT molecular complexity index is 1090. The van der Waals surface area contributed by atoms with Crippen LogP contribution in [0.1, 0.15) is 36.0 Å². The van der Waals surface area contributed by atoms with Crippen LogP contribution in [-0.2, 0) is 16.1 Å². The minimum Gasteiger partial charge on any atom is -0.371 e. The first-order valence-corrected chi connectivity index (χ1v) is 11.9. The van der Waals surface area contributed by atoms with Crippen molar-refractivity contribution in [3.05, 3.63) is 53.1 Å². The summed E-state index contributed by atoms with van der Waals surface area (Å²) >= 11 is 0. The molecule has 2 amide bonds. The second-order valence-electron chi connectivity index (χ2n) is 9.58. The Morgan fingerprint density at radius 1 is 1.06 bits per heavy atom. The zero-order chi connectivity index (χ0) is 25.3. The van der Waals surface area contributed by atoms with Gasteiger partial charge < -0.3 is 20.9 Å². The highest BCUT2D eigenvalue weighted by molar-refractivity contribution is 5.88. The molecule has 2 aromatic carbocycles. The van der Waals surface area contributed by atoms with Gasteiger partial charge >= 0.3 is 6.18 Å². The number of nitrogens with zero attached hydrogens (tertiary/aromatic N) is 2. The standard InChI is InChI=1S/C26H31F3N4O2/c1-16-17(2)23(32-11-9-20(10-12-32)26(27,28)29)8-7-22(16)31-21-5-3-18(4-6-21)14-33-15-19(25(30)35)13-24(33)34/h3-8,19-20,31H,9-15H2,1-2H3,(H2,30,35). The molecular formula is C26H31F3N4O2. The second kappa shape index (κ2) is 9.79. The molecule has 2 heterocycles. The van der Waals surface area contributed by atoms with Crippen molar-refractivity contribution in [2.45, 2.75) is 45.8 Å². The van der Waals surface area contributed by atoms with Gasteiger partial charge in [0.25, 0.3) is 0 Å². The monoisotopic (exact) mass is 488 g/mol. The van der Waals surface area contributed by atoms with Gasteiger partial charge in [-0.25, -0.2) is 0 Å². The van der Waals surface area contributed by atoms with Crippen LogP contribution in [0.4, 0.5) is 30.2 Å². The van der Waals surface area contributed by atoms with Gasteiger partial charge in [0.1, 0.15) is 0 Å². The number of nitrogens with one attached hydrogen (secondary N) is 1. The van der Waals surface area contributed by atoms with Gasteiger partial charge in [-0.3, -0.25) is 9.59 Å². The third kappa shape index (κ3) is 5.55. The summed E-state index contributed by atoms with van der Waals surface area (Å²) in [6.07, 6.45) is -3.69. The number of anilines is 3. The van der Waals surface area contributed by atoms with Crippen LogP contribution in [0.5, 0.6) is 0 Å². The number of likely N-dealkylation sites (tertiary alicyclic amines) is 1. The van der Waals surface area contributed by atoms with Crippen LogP contribution in [0.25, 0.3) is 0 Å². The Morgan fingerprint density at radius 3 is 2.29 bits per heavy atom. The second-order valence-corrected chi connectivity index (χ2v) is 9.58. The molecule has 0 bridgehead atoms. The Hall–Kier alpha value is -3.23. The Kier molecular flexibility index (Phi) is 6.96. The van der Waals surface area contributed by atoms with Gasteiger partial charge in [0.2, 0.25) is 11.8 Å². The van der Waals surface area contributed by atoms with E-state index in [4.69, 9.17) is 5.73 Å². The molecule has 0 saturated carbocycles. The largest absolute Gasteiger partial charge is 0.391 e. The number of rotatable bonds is 6. The Labute approximate surface area is 203 Å². The molecule has 2 saturated heterocycles. The van der Waals surface area contributed by atoms with Crippen molar-refractivity contribution < 1.29 is 22.8 Å². The molecule has 2 fully saturated rings. The summed E-state index contributed by atoms with van der Waals surface area (Å²) in [6.45, 7) is 5.60. The van der Waals surface area contributed by atoms with Crippen molar-refractivity contribution in [2.75, 3.05) is 29.9 Å². The van der Waals surface area contributed by atoms with Gasteiger partial charge in [-0.1, -0.05) is 12.1 Å². The number of primary amides is 1. The van der Waals surface area contributed by atoms with E-state index in [-0.39, 0.29) is 25.2 Å². The van der Waals surface area contributed by atoms with Crippen molar-refractivity contribution in [3.8, 4) is 0 Å². The molecule has 0 radical (unpaired) electrons. The first kappa shape index (κ1) is 24.9. The molecule has 0 aliphatic carbocycles. The average Bonchev–Trinajstić information content (AvgIpc) is 3.18. The number of hydrogen-bond acceptors (Lipinski definition) is 4. The molecule has 9 heteroatoms. The summed E-state index contributed by atoms with van der Waals surface area (Å²) in [6, 6.07) is 11.7. The predicted molar refractivity (Wildman–Crippen MR) is 129 cm³/mol. The Balaban J connectivity index is 1.39. The molecule has 6 nitrogen and oxygen atoms in total. The van der Waals surface area contributed by atoms with E-state index in [0.717, 1.165) is 33.8 Å². The van der Waals surface area contributed by atoms with Gasteiger partial charge in [-0.15, -0.1) is 0 Å². The molecule has 2 aliphatic heterocycles. The number of amides is 2. The van der Waals surface area contributed by atoms with Gasteiger partial charge in [-0.2, -0.15) is 13.2 Å². The van der Waals surface area contributed by atoms with Crippen LogP contribution in [-0.4, -0.2) is 42.5 Å². The van der Waals surface area contributed by atoms with Gasteiger partial charge in [0.15, 0.2) is 0 Å². The van der Waals surface area contributed by atoms with Crippen LogP contribution < -0.4 is 16.0 Å². The maximum atomic E-state index is 13.0. The van der Waals surface area contributed by atoms with Crippen LogP contribution in [0, 0.1) is 25.7 Å². The fourth-order valence-electron chi connectivity index (χ4n) is 4.92. The van der Waals surface area contributed by atoms with Gasteiger partial charge in [-0.05, 0) is 67.6 Å². The molecule has 2 aromatic rings. The summed E-state index contributed by atoms with van der Waals surface area (Å²) in [5.74, 6) is -2.14. The van der Waals surface area contributed by atoms with E-state index in [0.29, 0.717) is 26.2 Å². The molecule has 1 atom stereocenters. The number of carbonyl (C=O) groups is 2. The summed E-state index contributed by atoms with van der Waals surface area (Å²) in [7, 11) is 0. The summed E-state index contributed by atoms with van der Waals surface area (Å²) < 4.78 is 39.0. The third-order valence-electron chi connectivity index (χ3n) is 7.28. The molecule has 1 unspecified atom stereocenters. The van der Waals surface area contributed by atoms with Crippen molar-refractivity contribution in [1.82, 2.24) is 4.90 Å². The zero-order valence-electron chi connectivity index (χ0n) is 20.0. The lowest BCUT2D eigenvalue weighted by Crippen LogP contribution is -2.39. The van der Waals surface area contributed by atoms with Crippen molar-refractivity contribution in [3.63, 3.8) is 0 Å². The SMILES string of the molecule is Cc1c(Nc2ccc(CN3CC(C(N)=O)CC3=O)cc2)ccc(N2CCC(C(F)(F)F)CC2)c1C. The number of nitrogens with two attached hydrogens (primary N) is 1. The molecular weight excluding hydrogens is 457 g/mol. The maximum Gasteiger partial charge on any atom is 0.391 e. The number of halogens is 3. The summed E-state index contributed by atoms with van der Waals surface area (Å²) in [4.78, 5) is 27.2. The van der Waals surface area contributed by atoms with Gasteiger partial charge in [0.05, 0.1) is 11.8 Å². The first-order chi connectivity index (χ1) is 16.5. The van der Waals surface area contributed by atoms with Gasteiger partial charge in [0, 0.05) is 49.7 Å². The molecule has 35 heavy (non-hydrogen) atoms. The summed E-state index contributed by atoms with van der Waals surface area (Å²) in [5, 5.41) is 3.41. The molecule has 4 rings (SSSR count). The van der Waals surface area contributed by atoms with Crippen molar-refractivity contribution in [2.24, 2.45) is 17.6 Å². The van der Waals surface area contributed by atoms with Crippen molar-refractivity contribution >= 4 is 28.9 Å². The molecule has 188 valence electrons. The van der Waals surface area contributed by atoms with E-state index in [1.165, 1.54) is 0 Å². The Morgan fingerprint density at radius 2 is 1.71 bits per heavy atom. The van der Waals surface area contributed by atoms with E-state index in [1.54, 1.807) is 4.90 Å². The number of piperidine rings is 1. The third-order valence-corrected chi connectivity index (χ3v) is 7.28. The molecule has 0 aromatic heterocycles. The molecule has 2 aliphatic rings. The van der Waals surface area contributed by atoms with Crippen LogP contribution in [0.3, 0.4) is 0 Å². The molecule has 3 N–H and O–H groups in total. The minimum atomic E-state index is -4.11.